The molecule has 1 N–H and O–H groups in total. The summed E-state index contributed by atoms with van der Waals surface area (Å²) in [7, 11) is 0. The Bertz CT molecular complexity index is 963. The number of imidazole rings is 1. The van der Waals surface area contributed by atoms with Gasteiger partial charge >= 0.3 is 0 Å². The molecule has 0 unspecified atom stereocenters. The summed E-state index contributed by atoms with van der Waals surface area (Å²) >= 11 is 0. The molecule has 134 valence electrons. The molecule has 0 fully saturated rings. The van der Waals surface area contributed by atoms with Crippen LogP contribution in [0.2, 0.25) is 0 Å². The van der Waals surface area contributed by atoms with Gasteiger partial charge in [-0.2, -0.15) is 0 Å². The van der Waals surface area contributed by atoms with Gasteiger partial charge in [0.1, 0.15) is 5.65 Å². The van der Waals surface area contributed by atoms with Crippen molar-refractivity contribution in [3.63, 3.8) is 0 Å². The summed E-state index contributed by atoms with van der Waals surface area (Å²) in [4.78, 5) is 28.9. The normalized spacial score (nSPS) is 11.5. The smallest absolute Gasteiger partial charge is 0.292 e. The molecular formula is C21H23N3O2. The first kappa shape index (κ1) is 17.9. The highest BCUT2D eigenvalue weighted by atomic mass is 16.2. The fraction of sp³-hybridized carbons (Fsp3) is 0.286. The van der Waals surface area contributed by atoms with Crippen molar-refractivity contribution in [2.45, 2.75) is 39.7 Å². The number of hydrogen-bond donors (Lipinski definition) is 1. The molecule has 0 saturated carbocycles. The Morgan fingerprint density at radius 2 is 1.81 bits per heavy atom. The largest absolute Gasteiger partial charge is 0.343 e. The van der Waals surface area contributed by atoms with E-state index in [0.29, 0.717) is 11.3 Å². The van der Waals surface area contributed by atoms with Gasteiger partial charge in [0.15, 0.2) is 0 Å². The maximum absolute atomic E-state index is 12.3. The van der Waals surface area contributed by atoms with Gasteiger partial charge < -0.3 is 9.72 Å². The SMILES string of the molecule is Cc1ccn2cc(CNC(=O)C(=O)c3ccc(C(C)(C)C)cc3)nc2c1. The van der Waals surface area contributed by atoms with E-state index in [1.807, 2.05) is 48.0 Å². The van der Waals surface area contributed by atoms with E-state index in [1.165, 1.54) is 0 Å². The maximum Gasteiger partial charge on any atom is 0.292 e. The number of ketones is 1. The molecule has 5 heteroatoms. The average molecular weight is 349 g/mol. The lowest BCUT2D eigenvalue weighted by Gasteiger charge is -2.18. The predicted octanol–water partition coefficient (Wildman–Crippen LogP) is 3.44. The number of aryl methyl sites for hydroxylation is 1. The van der Waals surface area contributed by atoms with Crippen molar-refractivity contribution in [3.8, 4) is 0 Å². The summed E-state index contributed by atoms with van der Waals surface area (Å²) in [5.74, 6) is -1.16. The van der Waals surface area contributed by atoms with Crippen LogP contribution in [-0.2, 0) is 16.8 Å². The van der Waals surface area contributed by atoms with E-state index >= 15 is 0 Å². The predicted molar refractivity (Wildman–Crippen MR) is 101 cm³/mol. The number of rotatable bonds is 4. The highest BCUT2D eigenvalue weighted by molar-refractivity contribution is 6.42. The molecule has 1 amide bonds. The molecule has 0 aliphatic carbocycles. The minimum Gasteiger partial charge on any atom is -0.343 e. The van der Waals surface area contributed by atoms with Gasteiger partial charge in [-0.3, -0.25) is 9.59 Å². The van der Waals surface area contributed by atoms with E-state index in [4.69, 9.17) is 0 Å². The van der Waals surface area contributed by atoms with Crippen LogP contribution in [0.5, 0.6) is 0 Å². The van der Waals surface area contributed by atoms with Crippen LogP contribution in [0.25, 0.3) is 5.65 Å². The molecule has 2 aromatic heterocycles. The number of hydrogen-bond acceptors (Lipinski definition) is 3. The Balaban J connectivity index is 1.66. The summed E-state index contributed by atoms with van der Waals surface area (Å²) in [6.45, 7) is 8.53. The molecule has 0 aliphatic rings. The molecule has 0 saturated heterocycles. The van der Waals surface area contributed by atoms with E-state index in [9.17, 15) is 9.59 Å². The van der Waals surface area contributed by atoms with Gasteiger partial charge in [-0.05, 0) is 35.6 Å². The van der Waals surface area contributed by atoms with Crippen molar-refractivity contribution in [1.29, 1.82) is 0 Å². The van der Waals surface area contributed by atoms with E-state index in [1.54, 1.807) is 12.1 Å². The summed E-state index contributed by atoms with van der Waals surface area (Å²) in [6, 6.07) is 11.2. The van der Waals surface area contributed by atoms with Gasteiger partial charge in [-0.25, -0.2) is 4.98 Å². The zero-order valence-corrected chi connectivity index (χ0v) is 15.5. The molecule has 0 bridgehead atoms. The Morgan fingerprint density at radius 1 is 1.12 bits per heavy atom. The highest BCUT2D eigenvalue weighted by Gasteiger charge is 2.18. The number of carbonyl (C=O) groups excluding carboxylic acids is 2. The number of Topliss-reactive ketones (excluding diaryl/α,β-unsaturated/α-hetero) is 1. The first-order valence-corrected chi connectivity index (χ1v) is 8.61. The zero-order valence-electron chi connectivity index (χ0n) is 15.5. The quantitative estimate of drug-likeness (QED) is 0.580. The zero-order chi connectivity index (χ0) is 18.9. The van der Waals surface area contributed by atoms with Crippen molar-refractivity contribution in [1.82, 2.24) is 14.7 Å². The molecule has 5 nitrogen and oxygen atoms in total. The van der Waals surface area contributed by atoms with Crippen LogP contribution in [0.4, 0.5) is 0 Å². The number of fused-ring (bicyclic) bond motifs is 1. The minimum absolute atomic E-state index is 0.00527. The minimum atomic E-state index is -0.623. The van der Waals surface area contributed by atoms with Crippen LogP contribution in [-0.4, -0.2) is 21.1 Å². The number of carbonyl (C=O) groups is 2. The highest BCUT2D eigenvalue weighted by Crippen LogP contribution is 2.22. The molecule has 26 heavy (non-hydrogen) atoms. The monoisotopic (exact) mass is 349 g/mol. The van der Waals surface area contributed by atoms with Crippen molar-refractivity contribution in [3.05, 3.63) is 71.2 Å². The molecule has 0 radical (unpaired) electrons. The van der Waals surface area contributed by atoms with Crippen LogP contribution < -0.4 is 5.32 Å². The molecule has 0 aliphatic heterocycles. The second kappa shape index (κ2) is 6.75. The van der Waals surface area contributed by atoms with Crippen molar-refractivity contribution < 1.29 is 9.59 Å². The van der Waals surface area contributed by atoms with E-state index in [2.05, 4.69) is 31.1 Å². The lowest BCUT2D eigenvalue weighted by Crippen LogP contribution is -2.30. The Morgan fingerprint density at radius 3 is 2.46 bits per heavy atom. The van der Waals surface area contributed by atoms with Gasteiger partial charge in [0.05, 0.1) is 12.2 Å². The van der Waals surface area contributed by atoms with Crippen LogP contribution in [0.1, 0.15) is 48.0 Å². The average Bonchev–Trinajstić information content (AvgIpc) is 3.00. The topological polar surface area (TPSA) is 63.5 Å². The van der Waals surface area contributed by atoms with Crippen LogP contribution in [0.3, 0.4) is 0 Å². The fourth-order valence-electron chi connectivity index (χ4n) is 2.73. The number of nitrogens with one attached hydrogen (secondary N) is 1. The standard InChI is InChI=1S/C21H23N3O2/c1-14-9-10-24-13-17(23-18(24)11-14)12-22-20(26)19(25)15-5-7-16(8-6-15)21(2,3)4/h5-11,13H,12H2,1-4H3,(H,22,26). The fourth-order valence-corrected chi connectivity index (χ4v) is 2.73. The van der Waals surface area contributed by atoms with E-state index in [0.717, 1.165) is 16.8 Å². The Hall–Kier alpha value is -2.95. The van der Waals surface area contributed by atoms with E-state index in [-0.39, 0.29) is 12.0 Å². The van der Waals surface area contributed by atoms with Crippen molar-refractivity contribution in [2.24, 2.45) is 0 Å². The molecule has 1 aromatic carbocycles. The molecular weight excluding hydrogens is 326 g/mol. The van der Waals surface area contributed by atoms with Crippen LogP contribution in [0.15, 0.2) is 48.8 Å². The third-order valence-electron chi connectivity index (χ3n) is 4.32. The molecule has 0 atom stereocenters. The van der Waals surface area contributed by atoms with Crippen molar-refractivity contribution in [2.75, 3.05) is 0 Å². The van der Waals surface area contributed by atoms with E-state index < -0.39 is 11.7 Å². The maximum atomic E-state index is 12.3. The number of nitrogens with zero attached hydrogens (tertiary/aromatic N) is 2. The molecule has 3 rings (SSSR count). The van der Waals surface area contributed by atoms with Gasteiger partial charge in [0.2, 0.25) is 5.78 Å². The first-order valence-electron chi connectivity index (χ1n) is 8.61. The number of aromatic nitrogens is 2. The van der Waals surface area contributed by atoms with Gasteiger partial charge in [0, 0.05) is 18.0 Å². The number of benzene rings is 1. The summed E-state index contributed by atoms with van der Waals surface area (Å²) in [6.07, 6.45) is 3.77. The molecule has 0 spiro atoms. The first-order chi connectivity index (χ1) is 12.2. The van der Waals surface area contributed by atoms with Crippen molar-refractivity contribution >= 4 is 17.3 Å². The lowest BCUT2D eigenvalue weighted by molar-refractivity contribution is -0.117. The Kier molecular flexibility index (Phi) is 4.64. The Labute approximate surface area is 153 Å². The van der Waals surface area contributed by atoms with Gasteiger partial charge in [-0.1, -0.05) is 45.0 Å². The second-order valence-corrected chi connectivity index (χ2v) is 7.54. The third-order valence-corrected chi connectivity index (χ3v) is 4.32. The summed E-state index contributed by atoms with van der Waals surface area (Å²) < 4.78 is 1.89. The third kappa shape index (κ3) is 3.82. The van der Waals surface area contributed by atoms with Gasteiger partial charge in [-0.15, -0.1) is 0 Å². The van der Waals surface area contributed by atoms with Gasteiger partial charge in [0.25, 0.3) is 5.91 Å². The number of amides is 1. The summed E-state index contributed by atoms with van der Waals surface area (Å²) in [5, 5.41) is 2.65. The lowest BCUT2D eigenvalue weighted by atomic mass is 9.86. The molecule has 3 aromatic rings. The second-order valence-electron chi connectivity index (χ2n) is 7.54. The summed E-state index contributed by atoms with van der Waals surface area (Å²) in [5.41, 5.74) is 4.16. The van der Waals surface area contributed by atoms with Crippen LogP contribution in [0, 0.1) is 6.92 Å². The van der Waals surface area contributed by atoms with Crippen LogP contribution >= 0.6 is 0 Å². The molecule has 2 heterocycles. The number of pyridine rings is 1.